The highest BCUT2D eigenvalue weighted by molar-refractivity contribution is 8.26. The second kappa shape index (κ2) is 7.23. The Hall–Kier alpha value is -2.06. The van der Waals surface area contributed by atoms with Crippen molar-refractivity contribution in [3.05, 3.63) is 28.7 Å². The number of thiocarbonyl (C=S) groups is 1. The molecule has 1 fully saturated rings. The number of nitrogens with zero attached hydrogens (tertiary/aromatic N) is 1. The lowest BCUT2D eigenvalue weighted by molar-refractivity contribution is -0.311. The molecule has 8 heteroatoms. The minimum absolute atomic E-state index is 0.0148. The Balaban J connectivity index is 2.36. The maximum Gasteiger partial charge on any atom is 0.266 e. The molecule has 6 nitrogen and oxygen atoms in total. The molecule has 2 rings (SSSR count). The first-order valence-corrected chi connectivity index (χ1v) is 8.33. The van der Waals surface area contributed by atoms with E-state index in [4.69, 9.17) is 17.0 Å². The number of amides is 1. The van der Waals surface area contributed by atoms with Crippen molar-refractivity contribution in [3.63, 3.8) is 0 Å². The number of carboxylic acids is 1. The summed E-state index contributed by atoms with van der Waals surface area (Å²) in [6.07, 6.45) is 1.58. The number of carboxylic acid groups (broad SMARTS) is 1. The number of methoxy groups -OCH3 is 1. The van der Waals surface area contributed by atoms with Crippen molar-refractivity contribution in [2.75, 3.05) is 7.11 Å². The quantitative estimate of drug-likeness (QED) is 0.622. The molecule has 0 bridgehead atoms. The summed E-state index contributed by atoms with van der Waals surface area (Å²) in [5.41, 5.74) is 0.625. The van der Waals surface area contributed by atoms with E-state index in [0.29, 0.717) is 10.5 Å². The van der Waals surface area contributed by atoms with Gasteiger partial charge in [-0.05, 0) is 29.7 Å². The first-order chi connectivity index (χ1) is 11.3. The van der Waals surface area contributed by atoms with Gasteiger partial charge in [0.1, 0.15) is 4.32 Å². The van der Waals surface area contributed by atoms with Gasteiger partial charge < -0.3 is 19.7 Å². The molecule has 128 valence electrons. The van der Waals surface area contributed by atoms with Crippen LogP contribution in [0.5, 0.6) is 11.5 Å². The average molecular weight is 366 g/mol. The number of thioether (sulfide) groups is 1. The molecule has 1 aliphatic rings. The normalized spacial score (nSPS) is 17.7. The number of aromatic hydroxyl groups is 1. The van der Waals surface area contributed by atoms with Crippen LogP contribution in [0.4, 0.5) is 0 Å². The molecule has 0 unspecified atom stereocenters. The fraction of sp³-hybridized carbons (Fsp3) is 0.312. The molecule has 0 saturated carbocycles. The van der Waals surface area contributed by atoms with Crippen LogP contribution >= 0.6 is 24.0 Å². The molecule has 24 heavy (non-hydrogen) atoms. The molecule has 0 aliphatic carbocycles. The summed E-state index contributed by atoms with van der Waals surface area (Å²) in [6, 6.07) is 3.52. The number of phenols is 1. The van der Waals surface area contributed by atoms with Gasteiger partial charge in [0, 0.05) is 0 Å². The van der Waals surface area contributed by atoms with Crippen LogP contribution in [0.15, 0.2) is 23.1 Å². The summed E-state index contributed by atoms with van der Waals surface area (Å²) >= 11 is 6.20. The number of carbonyl (C=O) groups excluding carboxylic acids is 2. The van der Waals surface area contributed by atoms with Gasteiger partial charge in [-0.2, -0.15) is 0 Å². The van der Waals surface area contributed by atoms with Crippen molar-refractivity contribution in [3.8, 4) is 11.5 Å². The molecule has 1 aromatic carbocycles. The van der Waals surface area contributed by atoms with Crippen molar-refractivity contribution in [2.45, 2.75) is 19.9 Å². The summed E-state index contributed by atoms with van der Waals surface area (Å²) in [7, 11) is 1.42. The standard InChI is InChI=1S/C16H17NO5S2/c1-8(2)13(15(20)21)17-14(19)12(24-16(17)23)7-9-4-5-10(18)11(6-9)22-3/h4-8,13,18H,1-3H3,(H,20,21)/p-1/b12-7-/t13-/m1/s1. The number of ether oxygens (including phenoxy) is 1. The zero-order valence-corrected chi connectivity index (χ0v) is 14.9. The molecule has 1 aliphatic heterocycles. The predicted molar refractivity (Wildman–Crippen MR) is 93.3 cm³/mol. The highest BCUT2D eigenvalue weighted by Crippen LogP contribution is 2.36. The van der Waals surface area contributed by atoms with E-state index in [1.54, 1.807) is 32.1 Å². The number of aliphatic carboxylic acids is 1. The van der Waals surface area contributed by atoms with Gasteiger partial charge in [0.25, 0.3) is 5.91 Å². The van der Waals surface area contributed by atoms with Crippen molar-refractivity contribution in [2.24, 2.45) is 5.92 Å². The Morgan fingerprint density at radius 3 is 2.67 bits per heavy atom. The molecular formula is C16H16NO5S2-. The molecule has 1 N–H and O–H groups in total. The van der Waals surface area contributed by atoms with Crippen LogP contribution in [0.25, 0.3) is 6.08 Å². The smallest absolute Gasteiger partial charge is 0.266 e. The van der Waals surface area contributed by atoms with Crippen LogP contribution in [0.1, 0.15) is 19.4 Å². The van der Waals surface area contributed by atoms with Gasteiger partial charge in [0.05, 0.1) is 24.0 Å². The van der Waals surface area contributed by atoms with Crippen molar-refractivity contribution < 1.29 is 24.5 Å². The third-order valence-corrected chi connectivity index (χ3v) is 4.81. The van der Waals surface area contributed by atoms with Gasteiger partial charge in [0.2, 0.25) is 0 Å². The van der Waals surface area contributed by atoms with Crippen LogP contribution in [-0.2, 0) is 9.59 Å². The third-order valence-electron chi connectivity index (χ3n) is 3.48. The van der Waals surface area contributed by atoms with Crippen molar-refractivity contribution in [1.29, 1.82) is 0 Å². The second-order valence-electron chi connectivity index (χ2n) is 5.49. The highest BCUT2D eigenvalue weighted by atomic mass is 32.2. The van der Waals surface area contributed by atoms with Gasteiger partial charge in [0.15, 0.2) is 11.5 Å². The molecule has 1 heterocycles. The van der Waals surface area contributed by atoms with Gasteiger partial charge in [-0.15, -0.1) is 0 Å². The largest absolute Gasteiger partial charge is 0.548 e. The summed E-state index contributed by atoms with van der Waals surface area (Å²) in [4.78, 5) is 25.3. The van der Waals surface area contributed by atoms with Crippen LogP contribution in [0.3, 0.4) is 0 Å². The molecule has 1 saturated heterocycles. The van der Waals surface area contributed by atoms with E-state index < -0.39 is 17.9 Å². The first-order valence-electron chi connectivity index (χ1n) is 7.11. The van der Waals surface area contributed by atoms with Gasteiger partial charge in [-0.3, -0.25) is 9.69 Å². The lowest BCUT2D eigenvalue weighted by Gasteiger charge is -2.30. The number of rotatable bonds is 5. The van der Waals surface area contributed by atoms with E-state index >= 15 is 0 Å². The molecule has 0 spiro atoms. The first kappa shape index (κ1) is 18.3. The summed E-state index contributed by atoms with van der Waals surface area (Å²) in [5.74, 6) is -1.90. The van der Waals surface area contributed by atoms with E-state index in [-0.39, 0.29) is 21.7 Å². The van der Waals surface area contributed by atoms with Crippen LogP contribution in [0.2, 0.25) is 0 Å². The lowest BCUT2D eigenvalue weighted by Crippen LogP contribution is -2.52. The lowest BCUT2D eigenvalue weighted by atomic mass is 10.0. The van der Waals surface area contributed by atoms with E-state index in [1.807, 2.05) is 0 Å². The Kier molecular flexibility index (Phi) is 5.51. The maximum absolute atomic E-state index is 12.6. The molecule has 0 aromatic heterocycles. The second-order valence-corrected chi connectivity index (χ2v) is 7.17. The minimum Gasteiger partial charge on any atom is -0.548 e. The minimum atomic E-state index is -1.34. The molecule has 1 aromatic rings. The number of carbonyl (C=O) groups is 2. The number of hydrogen-bond acceptors (Lipinski definition) is 7. The van der Waals surface area contributed by atoms with Crippen LogP contribution in [-0.4, -0.2) is 39.4 Å². The molecular weight excluding hydrogens is 350 g/mol. The zero-order valence-electron chi connectivity index (χ0n) is 13.3. The zero-order chi connectivity index (χ0) is 18.0. The van der Waals surface area contributed by atoms with E-state index in [0.717, 1.165) is 16.7 Å². The van der Waals surface area contributed by atoms with E-state index in [1.165, 1.54) is 13.2 Å². The Bertz CT molecular complexity index is 729. The van der Waals surface area contributed by atoms with Crippen LogP contribution in [0, 0.1) is 5.92 Å². The maximum atomic E-state index is 12.6. The Morgan fingerprint density at radius 2 is 2.12 bits per heavy atom. The molecule has 1 atom stereocenters. The predicted octanol–water partition coefficient (Wildman–Crippen LogP) is 1.38. The summed E-state index contributed by atoms with van der Waals surface area (Å²) in [6.45, 7) is 3.38. The Morgan fingerprint density at radius 1 is 1.46 bits per heavy atom. The number of phenolic OH excluding ortho intramolecular Hbond substituents is 1. The monoisotopic (exact) mass is 366 g/mol. The van der Waals surface area contributed by atoms with Crippen molar-refractivity contribution >= 4 is 46.3 Å². The Labute approximate surface area is 149 Å². The fourth-order valence-electron chi connectivity index (χ4n) is 2.33. The van der Waals surface area contributed by atoms with E-state index in [9.17, 15) is 19.8 Å². The third kappa shape index (κ3) is 3.54. The van der Waals surface area contributed by atoms with Gasteiger partial charge in [-0.25, -0.2) is 0 Å². The number of hydrogen-bond donors (Lipinski definition) is 1. The number of benzene rings is 1. The molecule has 1 amide bonds. The SMILES string of the molecule is COc1cc(/C=C2\SC(=S)N([C@@H](C(=O)[O-])C(C)C)C2=O)ccc1O. The summed E-state index contributed by atoms with van der Waals surface area (Å²) in [5, 5.41) is 21.0. The highest BCUT2D eigenvalue weighted by Gasteiger charge is 2.39. The topological polar surface area (TPSA) is 89.9 Å². The van der Waals surface area contributed by atoms with Crippen molar-refractivity contribution in [1.82, 2.24) is 4.90 Å². The van der Waals surface area contributed by atoms with Crippen LogP contribution < -0.4 is 9.84 Å². The van der Waals surface area contributed by atoms with Gasteiger partial charge in [-0.1, -0.05) is 43.9 Å². The fourth-order valence-corrected chi connectivity index (χ4v) is 3.66. The van der Waals surface area contributed by atoms with E-state index in [2.05, 4.69) is 0 Å². The molecule has 0 radical (unpaired) electrons. The summed E-state index contributed by atoms with van der Waals surface area (Å²) < 4.78 is 5.21. The van der Waals surface area contributed by atoms with Gasteiger partial charge >= 0.3 is 0 Å². The average Bonchev–Trinajstić information content (AvgIpc) is 2.76.